The van der Waals surface area contributed by atoms with E-state index in [1.807, 2.05) is 24.3 Å². The molecule has 0 fully saturated rings. The first-order valence-corrected chi connectivity index (χ1v) is 6.17. The van der Waals surface area contributed by atoms with Crippen molar-refractivity contribution < 1.29 is 5.21 Å². The third-order valence-electron chi connectivity index (χ3n) is 3.00. The van der Waals surface area contributed by atoms with Gasteiger partial charge < -0.3 is 15.9 Å². The van der Waals surface area contributed by atoms with E-state index in [4.69, 9.17) is 10.9 Å². The molecular weight excluding hydrogens is 272 g/mol. The van der Waals surface area contributed by atoms with E-state index < -0.39 is 0 Å². The number of para-hydroxylation sites is 2. The fraction of sp³-hybridized carbons (Fsp3) is 0.0769. The maximum absolute atomic E-state index is 12.0. The molecule has 0 spiro atoms. The van der Waals surface area contributed by atoms with Gasteiger partial charge in [-0.15, -0.1) is 0 Å². The Labute approximate surface area is 118 Å². The number of fused-ring (bicyclic) bond motifs is 1. The zero-order valence-corrected chi connectivity index (χ0v) is 10.9. The number of aromatic amines is 1. The van der Waals surface area contributed by atoms with Gasteiger partial charge in [-0.05, 0) is 12.1 Å². The van der Waals surface area contributed by atoms with Gasteiger partial charge in [0, 0.05) is 12.4 Å². The molecule has 0 aliphatic rings. The molecule has 3 rings (SSSR count). The van der Waals surface area contributed by atoms with Crippen molar-refractivity contribution in [3.63, 3.8) is 0 Å². The largest absolute Gasteiger partial charge is 0.409 e. The van der Waals surface area contributed by atoms with Gasteiger partial charge in [0.05, 0.1) is 17.5 Å². The van der Waals surface area contributed by atoms with Gasteiger partial charge in [-0.25, -0.2) is 9.97 Å². The second-order valence-corrected chi connectivity index (χ2v) is 4.36. The van der Waals surface area contributed by atoms with E-state index in [-0.39, 0.29) is 23.6 Å². The minimum Gasteiger partial charge on any atom is -0.409 e. The zero-order chi connectivity index (χ0) is 14.8. The second kappa shape index (κ2) is 5.08. The molecule has 3 aromatic rings. The van der Waals surface area contributed by atoms with E-state index in [1.54, 1.807) is 4.57 Å². The highest BCUT2D eigenvalue weighted by molar-refractivity contribution is 5.84. The molecule has 0 aliphatic heterocycles. The number of aromatic nitrogens is 4. The van der Waals surface area contributed by atoms with Crippen LogP contribution in [-0.4, -0.2) is 30.6 Å². The number of hydrogen-bond donors (Lipinski definition) is 3. The van der Waals surface area contributed by atoms with Crippen LogP contribution >= 0.6 is 0 Å². The summed E-state index contributed by atoms with van der Waals surface area (Å²) in [5, 5.41) is 11.7. The number of nitrogens with zero attached hydrogens (tertiary/aromatic N) is 4. The van der Waals surface area contributed by atoms with E-state index >= 15 is 0 Å². The van der Waals surface area contributed by atoms with Gasteiger partial charge >= 0.3 is 0 Å². The maximum atomic E-state index is 12.0. The van der Waals surface area contributed by atoms with Gasteiger partial charge in [-0.2, -0.15) is 0 Å². The van der Waals surface area contributed by atoms with E-state index in [0.717, 1.165) is 5.52 Å². The standard InChI is InChI=1S/C13H12N6O2/c14-10(18-21)7-11-17-8-3-1-2-4-9(8)19(11)12-13(20)16-6-5-15-12/h1-6,21H,7H2,(H2,14,18)(H,16,20). The third-order valence-corrected chi connectivity index (χ3v) is 3.00. The van der Waals surface area contributed by atoms with Gasteiger partial charge in [0.1, 0.15) is 11.7 Å². The number of benzene rings is 1. The summed E-state index contributed by atoms with van der Waals surface area (Å²) >= 11 is 0. The number of nitrogens with one attached hydrogen (secondary N) is 1. The van der Waals surface area contributed by atoms with Crippen molar-refractivity contribution in [3.05, 3.63) is 52.8 Å². The fourth-order valence-electron chi connectivity index (χ4n) is 2.13. The Bertz CT molecular complexity index is 879. The first-order valence-electron chi connectivity index (χ1n) is 6.17. The molecule has 0 atom stereocenters. The molecule has 106 valence electrons. The van der Waals surface area contributed by atoms with Crippen molar-refractivity contribution in [1.29, 1.82) is 0 Å². The van der Waals surface area contributed by atoms with E-state index in [1.165, 1.54) is 12.4 Å². The molecule has 2 heterocycles. The number of imidazole rings is 1. The molecule has 0 aliphatic carbocycles. The second-order valence-electron chi connectivity index (χ2n) is 4.36. The Balaban J connectivity index is 2.30. The van der Waals surface area contributed by atoms with Crippen molar-refractivity contribution in [2.75, 3.05) is 0 Å². The highest BCUT2D eigenvalue weighted by atomic mass is 16.4. The fourth-order valence-corrected chi connectivity index (χ4v) is 2.13. The quantitative estimate of drug-likeness (QED) is 0.278. The number of nitrogens with two attached hydrogens (primary N) is 1. The molecule has 4 N–H and O–H groups in total. The molecule has 2 aromatic heterocycles. The van der Waals surface area contributed by atoms with Crippen LogP contribution in [0.3, 0.4) is 0 Å². The van der Waals surface area contributed by atoms with Crippen molar-refractivity contribution in [3.8, 4) is 5.82 Å². The monoisotopic (exact) mass is 284 g/mol. The van der Waals surface area contributed by atoms with Crippen molar-refractivity contribution in [2.24, 2.45) is 10.9 Å². The van der Waals surface area contributed by atoms with Crippen molar-refractivity contribution in [2.45, 2.75) is 6.42 Å². The van der Waals surface area contributed by atoms with Gasteiger partial charge in [0.25, 0.3) is 5.56 Å². The van der Waals surface area contributed by atoms with Crippen molar-refractivity contribution >= 4 is 16.9 Å². The summed E-state index contributed by atoms with van der Waals surface area (Å²) in [6.45, 7) is 0. The van der Waals surface area contributed by atoms with Crippen LogP contribution < -0.4 is 11.3 Å². The van der Waals surface area contributed by atoms with Crippen LogP contribution in [0.2, 0.25) is 0 Å². The number of amidine groups is 1. The Morgan fingerprint density at radius 2 is 2.24 bits per heavy atom. The van der Waals surface area contributed by atoms with Crippen LogP contribution in [0.15, 0.2) is 46.6 Å². The molecule has 8 nitrogen and oxygen atoms in total. The smallest absolute Gasteiger partial charge is 0.291 e. The Hall–Kier alpha value is -3.16. The predicted octanol–water partition coefficient (Wildman–Crippen LogP) is 0.398. The normalized spacial score (nSPS) is 11.9. The van der Waals surface area contributed by atoms with Gasteiger partial charge in [-0.1, -0.05) is 17.3 Å². The minimum absolute atomic E-state index is 0.00100. The lowest BCUT2D eigenvalue weighted by Crippen LogP contribution is -2.21. The number of rotatable bonds is 3. The Morgan fingerprint density at radius 1 is 1.43 bits per heavy atom. The SMILES string of the molecule is N/C(Cc1nc2ccccc2n1-c1ncc[nH]c1=O)=N/O. The summed E-state index contributed by atoms with van der Waals surface area (Å²) in [5.74, 6) is 0.654. The summed E-state index contributed by atoms with van der Waals surface area (Å²) in [7, 11) is 0. The third kappa shape index (κ3) is 2.22. The summed E-state index contributed by atoms with van der Waals surface area (Å²) in [6.07, 6.45) is 3.04. The summed E-state index contributed by atoms with van der Waals surface area (Å²) < 4.78 is 1.60. The minimum atomic E-state index is -0.346. The van der Waals surface area contributed by atoms with Crippen LogP contribution in [-0.2, 0) is 6.42 Å². The summed E-state index contributed by atoms with van der Waals surface area (Å²) in [4.78, 5) is 23.1. The molecule has 0 saturated carbocycles. The molecule has 0 bridgehead atoms. The lowest BCUT2D eigenvalue weighted by Gasteiger charge is -2.06. The first-order chi connectivity index (χ1) is 10.2. The van der Waals surface area contributed by atoms with Crippen LogP contribution in [0, 0.1) is 0 Å². The number of H-pyrrole nitrogens is 1. The number of oxime groups is 1. The molecule has 0 amide bonds. The molecule has 8 heteroatoms. The van der Waals surface area contributed by atoms with Gasteiger partial charge in [0.2, 0.25) is 5.82 Å². The zero-order valence-electron chi connectivity index (χ0n) is 10.9. The van der Waals surface area contributed by atoms with E-state index in [9.17, 15) is 4.79 Å². The molecule has 0 unspecified atom stereocenters. The average molecular weight is 284 g/mol. The topological polar surface area (TPSA) is 122 Å². The van der Waals surface area contributed by atoms with Crippen LogP contribution in [0.1, 0.15) is 5.82 Å². The van der Waals surface area contributed by atoms with E-state index in [0.29, 0.717) is 11.3 Å². The van der Waals surface area contributed by atoms with Gasteiger partial charge in [-0.3, -0.25) is 9.36 Å². The lowest BCUT2D eigenvalue weighted by atomic mass is 10.3. The van der Waals surface area contributed by atoms with Crippen LogP contribution in [0.25, 0.3) is 16.9 Å². The van der Waals surface area contributed by atoms with Crippen LogP contribution in [0.4, 0.5) is 0 Å². The predicted molar refractivity (Wildman–Crippen MR) is 76.6 cm³/mol. The van der Waals surface area contributed by atoms with Crippen LogP contribution in [0.5, 0.6) is 0 Å². The van der Waals surface area contributed by atoms with Gasteiger partial charge in [0.15, 0.2) is 0 Å². The molecule has 0 radical (unpaired) electrons. The first kappa shape index (κ1) is 12.9. The average Bonchev–Trinajstić information content (AvgIpc) is 2.85. The Kier molecular flexibility index (Phi) is 3.11. The molecule has 1 aromatic carbocycles. The Morgan fingerprint density at radius 3 is 3.00 bits per heavy atom. The molecule has 21 heavy (non-hydrogen) atoms. The molecular formula is C13H12N6O2. The lowest BCUT2D eigenvalue weighted by molar-refractivity contribution is 0.317. The van der Waals surface area contributed by atoms with E-state index in [2.05, 4.69) is 20.1 Å². The highest BCUT2D eigenvalue weighted by Gasteiger charge is 2.16. The summed E-state index contributed by atoms with van der Waals surface area (Å²) in [5.41, 5.74) is 6.63. The summed E-state index contributed by atoms with van der Waals surface area (Å²) in [6, 6.07) is 7.32. The highest BCUT2D eigenvalue weighted by Crippen LogP contribution is 2.18. The van der Waals surface area contributed by atoms with Crippen molar-refractivity contribution in [1.82, 2.24) is 19.5 Å². The number of hydrogen-bond acceptors (Lipinski definition) is 5. The molecule has 0 saturated heterocycles. The maximum Gasteiger partial charge on any atom is 0.291 e.